The number of nitrogens with zero attached hydrogens (tertiary/aromatic N) is 4. The van der Waals surface area contributed by atoms with Gasteiger partial charge in [-0.3, -0.25) is 9.11 Å². The minimum Gasteiger partial charge on any atom is -0.482 e. The van der Waals surface area contributed by atoms with E-state index in [4.69, 9.17) is 10.5 Å². The minimum atomic E-state index is -2.70. The molecule has 0 fully saturated rings. The highest BCUT2D eigenvalue weighted by atomic mass is 32.3. The average molecular weight is 468 g/mol. The first kappa shape index (κ1) is 21.4. The fourth-order valence-corrected chi connectivity index (χ4v) is 5.56. The SMILES string of the molecule is C[C@@H](Oc1cc(-c2ccc3c(c2)CCS3(O)O)cnc1N)c1cc(F)ccc1-n1nccn1. The lowest BCUT2D eigenvalue weighted by Crippen LogP contribution is -2.11. The number of rotatable bonds is 5. The number of hydrogen-bond donors (Lipinski definition) is 3. The van der Waals surface area contributed by atoms with E-state index in [1.54, 1.807) is 43.7 Å². The monoisotopic (exact) mass is 467 g/mol. The van der Waals surface area contributed by atoms with Crippen molar-refractivity contribution >= 4 is 16.4 Å². The van der Waals surface area contributed by atoms with Crippen LogP contribution in [-0.4, -0.2) is 34.8 Å². The van der Waals surface area contributed by atoms with Crippen molar-refractivity contribution < 1.29 is 18.2 Å². The zero-order chi connectivity index (χ0) is 23.2. The number of aryl methyl sites for hydroxylation is 1. The maximum absolute atomic E-state index is 14.0. The zero-order valence-corrected chi connectivity index (χ0v) is 18.5. The Morgan fingerprint density at radius 1 is 1.09 bits per heavy atom. The fraction of sp³-hybridized carbons (Fsp3) is 0.174. The average Bonchev–Trinajstić information content (AvgIpc) is 3.43. The van der Waals surface area contributed by atoms with Gasteiger partial charge >= 0.3 is 0 Å². The lowest BCUT2D eigenvalue weighted by Gasteiger charge is -2.27. The normalized spacial score (nSPS) is 16.2. The van der Waals surface area contributed by atoms with E-state index in [2.05, 4.69) is 15.2 Å². The summed E-state index contributed by atoms with van der Waals surface area (Å²) < 4.78 is 40.5. The van der Waals surface area contributed by atoms with Gasteiger partial charge in [0.2, 0.25) is 0 Å². The number of pyridine rings is 1. The number of fused-ring (bicyclic) bond motifs is 1. The van der Waals surface area contributed by atoms with Gasteiger partial charge in [0, 0.05) is 23.1 Å². The van der Waals surface area contributed by atoms with Crippen molar-refractivity contribution in [1.29, 1.82) is 0 Å². The van der Waals surface area contributed by atoms with Crippen LogP contribution in [0.5, 0.6) is 5.75 Å². The van der Waals surface area contributed by atoms with E-state index >= 15 is 0 Å². The molecule has 0 amide bonds. The number of halogens is 1. The summed E-state index contributed by atoms with van der Waals surface area (Å²) in [6.07, 6.45) is 4.76. The van der Waals surface area contributed by atoms with Crippen LogP contribution >= 0.6 is 10.6 Å². The third-order valence-electron chi connectivity index (χ3n) is 5.65. The number of hydrogen-bond acceptors (Lipinski definition) is 7. The second-order valence-electron chi connectivity index (χ2n) is 7.83. The zero-order valence-electron chi connectivity index (χ0n) is 17.7. The van der Waals surface area contributed by atoms with Crippen molar-refractivity contribution in [2.24, 2.45) is 0 Å². The quantitative estimate of drug-likeness (QED) is 0.384. The van der Waals surface area contributed by atoms with Crippen molar-refractivity contribution in [2.75, 3.05) is 11.5 Å². The highest BCUT2D eigenvalue weighted by molar-refractivity contribution is 8.24. The molecule has 3 heterocycles. The molecule has 2 aromatic carbocycles. The summed E-state index contributed by atoms with van der Waals surface area (Å²) in [4.78, 5) is 6.28. The van der Waals surface area contributed by atoms with Crippen LogP contribution in [0, 0.1) is 5.82 Å². The Morgan fingerprint density at radius 2 is 1.88 bits per heavy atom. The minimum absolute atomic E-state index is 0.205. The third kappa shape index (κ3) is 4.04. The van der Waals surface area contributed by atoms with Gasteiger partial charge in [-0.05, 0) is 60.9 Å². The first-order valence-corrected chi connectivity index (χ1v) is 12.0. The molecule has 0 bridgehead atoms. The number of benzene rings is 2. The van der Waals surface area contributed by atoms with Crippen LogP contribution < -0.4 is 10.5 Å². The van der Waals surface area contributed by atoms with Crippen LogP contribution in [0.3, 0.4) is 0 Å². The topological polar surface area (TPSA) is 119 Å². The molecule has 0 spiro atoms. The van der Waals surface area contributed by atoms with Crippen molar-refractivity contribution in [3.05, 3.63) is 78.0 Å². The fourth-order valence-electron chi connectivity index (χ4n) is 3.97. The molecule has 0 unspecified atom stereocenters. The third-order valence-corrected chi connectivity index (χ3v) is 7.53. The van der Waals surface area contributed by atoms with Gasteiger partial charge < -0.3 is 10.5 Å². The standard InChI is InChI=1S/C23H22FN5O3S/c1-14(19-12-18(24)3-4-20(19)29-27-7-8-28-29)32-21-11-17(13-26-23(21)25)15-2-5-22-16(10-15)6-9-33(22,30)31/h2-5,7-8,10-14,30-31H,6,9H2,1H3,(H2,25,26)/t14-/m1/s1. The molecule has 1 atom stereocenters. The van der Waals surface area contributed by atoms with Crippen LogP contribution in [0.25, 0.3) is 16.8 Å². The molecule has 8 nitrogen and oxygen atoms in total. The molecule has 33 heavy (non-hydrogen) atoms. The lowest BCUT2D eigenvalue weighted by molar-refractivity contribution is 0.226. The summed E-state index contributed by atoms with van der Waals surface area (Å²) >= 11 is 0. The van der Waals surface area contributed by atoms with Crippen LogP contribution in [0.4, 0.5) is 10.2 Å². The maximum atomic E-state index is 14.0. The molecule has 1 aliphatic rings. The summed E-state index contributed by atoms with van der Waals surface area (Å²) in [6, 6.07) is 11.6. The van der Waals surface area contributed by atoms with E-state index in [9.17, 15) is 13.5 Å². The number of nitrogen functional groups attached to an aromatic ring is 1. The van der Waals surface area contributed by atoms with Crippen LogP contribution in [-0.2, 0) is 6.42 Å². The summed E-state index contributed by atoms with van der Waals surface area (Å²) in [5, 5.41) is 8.27. The smallest absolute Gasteiger partial charge is 0.166 e. The Labute approximate surface area is 191 Å². The number of aromatic nitrogens is 4. The molecular formula is C23H22FN5O3S. The predicted molar refractivity (Wildman–Crippen MR) is 124 cm³/mol. The molecule has 2 aromatic heterocycles. The van der Waals surface area contributed by atoms with E-state index in [1.165, 1.54) is 16.9 Å². The van der Waals surface area contributed by atoms with Crippen molar-refractivity contribution in [3.63, 3.8) is 0 Å². The van der Waals surface area contributed by atoms with Gasteiger partial charge in [0.1, 0.15) is 11.9 Å². The van der Waals surface area contributed by atoms with E-state index in [1.807, 2.05) is 12.1 Å². The van der Waals surface area contributed by atoms with E-state index < -0.39 is 22.5 Å². The van der Waals surface area contributed by atoms with Gasteiger partial charge in [0.25, 0.3) is 0 Å². The van der Waals surface area contributed by atoms with Gasteiger partial charge in [-0.25, -0.2) is 9.37 Å². The molecule has 1 aliphatic heterocycles. The molecule has 4 aromatic rings. The number of nitrogens with two attached hydrogens (primary N) is 1. The Bertz CT molecular complexity index is 1330. The summed E-state index contributed by atoms with van der Waals surface area (Å²) in [5.74, 6) is 0.503. The Morgan fingerprint density at radius 3 is 2.67 bits per heavy atom. The number of anilines is 1. The molecule has 0 aliphatic carbocycles. The van der Waals surface area contributed by atoms with Crippen molar-refractivity contribution in [3.8, 4) is 22.6 Å². The molecule has 0 radical (unpaired) electrons. The molecule has 170 valence electrons. The summed E-state index contributed by atoms with van der Waals surface area (Å²) in [5.41, 5.74) is 9.77. The number of ether oxygens (including phenoxy) is 1. The van der Waals surface area contributed by atoms with Crippen molar-refractivity contribution in [2.45, 2.75) is 24.3 Å². The Hall–Kier alpha value is -3.47. The van der Waals surface area contributed by atoms with Gasteiger partial charge in [-0.2, -0.15) is 25.6 Å². The van der Waals surface area contributed by atoms with E-state index in [0.29, 0.717) is 34.1 Å². The van der Waals surface area contributed by atoms with Crippen molar-refractivity contribution in [1.82, 2.24) is 20.0 Å². The van der Waals surface area contributed by atoms with Gasteiger partial charge in [-0.15, -0.1) is 0 Å². The van der Waals surface area contributed by atoms with Gasteiger partial charge in [0.15, 0.2) is 11.6 Å². The first-order chi connectivity index (χ1) is 15.8. The first-order valence-electron chi connectivity index (χ1n) is 10.3. The molecule has 5 rings (SSSR count). The molecule has 0 saturated heterocycles. The molecular weight excluding hydrogens is 445 g/mol. The Balaban J connectivity index is 1.46. The van der Waals surface area contributed by atoms with Crippen LogP contribution in [0.1, 0.15) is 24.2 Å². The second kappa shape index (κ2) is 8.14. The van der Waals surface area contributed by atoms with Gasteiger partial charge in [0.05, 0.1) is 23.0 Å². The Kier molecular flexibility index (Phi) is 5.28. The van der Waals surface area contributed by atoms with E-state index in [-0.39, 0.29) is 5.82 Å². The van der Waals surface area contributed by atoms with Crippen LogP contribution in [0.2, 0.25) is 0 Å². The summed E-state index contributed by atoms with van der Waals surface area (Å²) in [7, 11) is -2.70. The largest absolute Gasteiger partial charge is 0.482 e. The molecule has 4 N–H and O–H groups in total. The highest BCUT2D eigenvalue weighted by Crippen LogP contribution is 2.55. The maximum Gasteiger partial charge on any atom is 0.166 e. The predicted octanol–water partition coefficient (Wildman–Crippen LogP) is 4.86. The van der Waals surface area contributed by atoms with E-state index in [0.717, 1.165) is 16.7 Å². The molecule has 0 saturated carbocycles. The van der Waals surface area contributed by atoms with Gasteiger partial charge in [-0.1, -0.05) is 6.07 Å². The highest BCUT2D eigenvalue weighted by Gasteiger charge is 2.27. The lowest BCUT2D eigenvalue weighted by atomic mass is 10.0. The molecule has 10 heteroatoms. The summed E-state index contributed by atoms with van der Waals surface area (Å²) in [6.45, 7) is 1.79. The van der Waals surface area contributed by atoms with Crippen LogP contribution in [0.15, 0.2) is 66.0 Å². The second-order valence-corrected chi connectivity index (χ2v) is 10.0.